The van der Waals surface area contributed by atoms with E-state index in [1.165, 1.54) is 6.92 Å². The van der Waals surface area contributed by atoms with Crippen molar-refractivity contribution in [2.24, 2.45) is 5.73 Å². The monoisotopic (exact) mass is 203 g/mol. The molecule has 2 atom stereocenters. The number of hydrogen-bond donors (Lipinski definition) is 3. The molecule has 2 amide bonds. The van der Waals surface area contributed by atoms with Gasteiger partial charge < -0.3 is 26.7 Å². The van der Waals surface area contributed by atoms with Gasteiger partial charge in [0.05, 0.1) is 18.4 Å². The van der Waals surface area contributed by atoms with Gasteiger partial charge in [0, 0.05) is 0 Å². The van der Waals surface area contributed by atoms with Crippen molar-refractivity contribution in [1.82, 2.24) is 5.32 Å². The van der Waals surface area contributed by atoms with E-state index in [0.29, 0.717) is 0 Å². The van der Waals surface area contributed by atoms with Crippen molar-refractivity contribution in [1.29, 1.82) is 0 Å². The van der Waals surface area contributed by atoms with Crippen LogP contribution in [0.25, 0.3) is 0 Å². The van der Waals surface area contributed by atoms with Gasteiger partial charge in [0.15, 0.2) is 6.04 Å². The van der Waals surface area contributed by atoms with Crippen molar-refractivity contribution in [3.05, 3.63) is 0 Å². The van der Waals surface area contributed by atoms with Crippen LogP contribution in [0.5, 0.6) is 0 Å². The van der Waals surface area contributed by atoms with Gasteiger partial charge in [-0.3, -0.25) is 9.59 Å². The second-order valence-electron chi connectivity index (χ2n) is 2.95. The first-order valence-corrected chi connectivity index (χ1v) is 3.97. The zero-order valence-corrected chi connectivity index (χ0v) is 7.78. The van der Waals surface area contributed by atoms with Crippen LogP contribution >= 0.6 is 0 Å². The van der Waals surface area contributed by atoms with Crippen molar-refractivity contribution in [2.75, 3.05) is 0 Å². The summed E-state index contributed by atoms with van der Waals surface area (Å²) in [6.45, 7) is 1.49. The minimum Gasteiger partial charge on any atom is -0.548 e. The van der Waals surface area contributed by atoms with Crippen LogP contribution in [0.2, 0.25) is 0 Å². The standard InChI is InChI=1S/C7H13N3O4/c1-3(8)6(12)10-4(7(13)14)2-5(9)11/h3-4H,2,8H2,1H3,(H2,9,11)(H,10,12)(H,13,14)/t3-,4-/m1/s1. The summed E-state index contributed by atoms with van der Waals surface area (Å²) in [5.74, 6) is -2.94. The number of aliphatic carboxylic acids is 1. The van der Waals surface area contributed by atoms with Gasteiger partial charge in [-0.15, -0.1) is 0 Å². The molecule has 0 saturated heterocycles. The highest BCUT2D eigenvalue weighted by Crippen LogP contribution is 1.90. The lowest BCUT2D eigenvalue weighted by molar-refractivity contribution is -0.398. The topological polar surface area (TPSA) is 140 Å². The number of carboxylic acid groups (broad SMARTS) is 1. The molecule has 0 aromatic heterocycles. The Labute approximate surface area is 80.4 Å². The molecule has 0 saturated carbocycles. The van der Waals surface area contributed by atoms with Crippen LogP contribution in [-0.2, 0) is 14.4 Å². The third-order valence-corrected chi connectivity index (χ3v) is 1.45. The first-order valence-electron chi connectivity index (χ1n) is 3.97. The molecule has 0 spiro atoms. The average molecular weight is 203 g/mol. The number of amides is 2. The van der Waals surface area contributed by atoms with E-state index in [0.717, 1.165) is 0 Å². The molecule has 0 bridgehead atoms. The Bertz CT molecular complexity index is 251. The molecule has 0 aliphatic rings. The fourth-order valence-electron chi connectivity index (χ4n) is 0.708. The van der Waals surface area contributed by atoms with Crippen molar-refractivity contribution in [3.8, 4) is 0 Å². The third-order valence-electron chi connectivity index (χ3n) is 1.45. The second-order valence-corrected chi connectivity index (χ2v) is 2.95. The molecule has 7 nitrogen and oxygen atoms in total. The number of primary amides is 1. The third kappa shape index (κ3) is 4.41. The Kier molecular flexibility index (Phi) is 4.57. The fraction of sp³-hybridized carbons (Fsp3) is 0.571. The second kappa shape index (κ2) is 5.18. The molecule has 80 valence electrons. The Balaban J connectivity index is 4.31. The summed E-state index contributed by atoms with van der Waals surface area (Å²) in [6, 6.07) is -1.99. The smallest absolute Gasteiger partial charge is 0.278 e. The van der Waals surface area contributed by atoms with Crippen LogP contribution in [0.1, 0.15) is 13.3 Å². The summed E-state index contributed by atoms with van der Waals surface area (Å²) < 4.78 is 0. The minimum absolute atomic E-state index is 0.485. The summed E-state index contributed by atoms with van der Waals surface area (Å²) in [5, 5.41) is 12.5. The largest absolute Gasteiger partial charge is 0.548 e. The SMILES string of the molecule is C[C@@H]([NH3+])C(=O)N[C@H](CC(N)=O)C(=O)[O-]. The highest BCUT2D eigenvalue weighted by Gasteiger charge is 2.19. The molecule has 0 unspecified atom stereocenters. The zero-order valence-electron chi connectivity index (χ0n) is 7.78. The van der Waals surface area contributed by atoms with Crippen LogP contribution in [0.3, 0.4) is 0 Å². The van der Waals surface area contributed by atoms with Crippen LogP contribution < -0.4 is 21.9 Å². The Hall–Kier alpha value is -1.63. The first-order chi connectivity index (χ1) is 6.34. The predicted octanol–water partition coefficient (Wildman–Crippen LogP) is -4.27. The van der Waals surface area contributed by atoms with E-state index in [-0.39, 0.29) is 0 Å². The predicted molar refractivity (Wildman–Crippen MR) is 43.1 cm³/mol. The van der Waals surface area contributed by atoms with Crippen LogP contribution in [-0.4, -0.2) is 29.9 Å². The lowest BCUT2D eigenvalue weighted by Crippen LogP contribution is -2.67. The van der Waals surface area contributed by atoms with E-state index in [2.05, 4.69) is 11.1 Å². The number of nitrogens with two attached hydrogens (primary N) is 1. The minimum atomic E-state index is -1.54. The Morgan fingerprint density at radius 1 is 1.50 bits per heavy atom. The van der Waals surface area contributed by atoms with Gasteiger partial charge in [-0.1, -0.05) is 0 Å². The van der Waals surface area contributed by atoms with Gasteiger partial charge in [-0.25, -0.2) is 0 Å². The molecule has 0 heterocycles. The molecule has 0 aliphatic heterocycles. The van der Waals surface area contributed by atoms with E-state index in [1.54, 1.807) is 0 Å². The molecule has 0 fully saturated rings. The number of quaternary nitrogens is 1. The maximum atomic E-state index is 11.0. The summed E-state index contributed by atoms with van der Waals surface area (Å²) in [6.07, 6.45) is -0.485. The van der Waals surface area contributed by atoms with E-state index < -0.39 is 36.3 Å². The maximum Gasteiger partial charge on any atom is 0.278 e. The van der Waals surface area contributed by atoms with E-state index in [1.807, 2.05) is 0 Å². The van der Waals surface area contributed by atoms with Crippen molar-refractivity contribution in [2.45, 2.75) is 25.4 Å². The molecule has 6 N–H and O–H groups in total. The summed E-state index contributed by atoms with van der Waals surface area (Å²) >= 11 is 0. The van der Waals surface area contributed by atoms with E-state index >= 15 is 0 Å². The van der Waals surface area contributed by atoms with E-state index in [9.17, 15) is 19.5 Å². The van der Waals surface area contributed by atoms with Crippen molar-refractivity contribution < 1.29 is 25.2 Å². The van der Waals surface area contributed by atoms with Gasteiger partial charge in [-0.2, -0.15) is 0 Å². The lowest BCUT2D eigenvalue weighted by Gasteiger charge is -2.18. The molecule has 0 aromatic carbocycles. The number of carbonyl (C=O) groups is 3. The molecule has 0 radical (unpaired) electrons. The fourth-order valence-corrected chi connectivity index (χ4v) is 0.708. The highest BCUT2D eigenvalue weighted by molar-refractivity contribution is 5.88. The van der Waals surface area contributed by atoms with Crippen LogP contribution in [0, 0.1) is 0 Å². The van der Waals surface area contributed by atoms with E-state index in [4.69, 9.17) is 5.73 Å². The summed E-state index contributed by atoms with van der Waals surface area (Å²) in [7, 11) is 0. The number of hydrogen-bond acceptors (Lipinski definition) is 4. The number of rotatable bonds is 5. The zero-order chi connectivity index (χ0) is 11.3. The maximum absolute atomic E-state index is 11.0. The van der Waals surface area contributed by atoms with Gasteiger partial charge in [0.1, 0.15) is 0 Å². The van der Waals surface area contributed by atoms with Crippen molar-refractivity contribution >= 4 is 17.8 Å². The summed E-state index contributed by atoms with van der Waals surface area (Å²) in [5.41, 5.74) is 8.17. The van der Waals surface area contributed by atoms with Gasteiger partial charge >= 0.3 is 0 Å². The quantitative estimate of drug-likeness (QED) is 0.416. The summed E-state index contributed by atoms with van der Waals surface area (Å²) in [4.78, 5) is 31.9. The van der Waals surface area contributed by atoms with Gasteiger partial charge in [0.2, 0.25) is 5.91 Å². The number of nitrogens with one attached hydrogen (secondary N) is 1. The first kappa shape index (κ1) is 12.4. The number of carbonyl (C=O) groups excluding carboxylic acids is 3. The molecule has 0 aliphatic carbocycles. The van der Waals surface area contributed by atoms with Gasteiger partial charge in [-0.05, 0) is 6.92 Å². The Morgan fingerprint density at radius 3 is 2.29 bits per heavy atom. The molecule has 0 aromatic rings. The lowest BCUT2D eigenvalue weighted by atomic mass is 10.2. The molecular weight excluding hydrogens is 190 g/mol. The molecule has 7 heteroatoms. The van der Waals surface area contributed by atoms with Crippen LogP contribution in [0.4, 0.5) is 0 Å². The molecule has 0 rings (SSSR count). The van der Waals surface area contributed by atoms with Crippen molar-refractivity contribution in [3.63, 3.8) is 0 Å². The average Bonchev–Trinajstić information content (AvgIpc) is 2.01. The molecule has 14 heavy (non-hydrogen) atoms. The Morgan fingerprint density at radius 2 is 2.00 bits per heavy atom. The number of carboxylic acids is 1. The van der Waals surface area contributed by atoms with Gasteiger partial charge in [0.25, 0.3) is 5.91 Å². The van der Waals surface area contributed by atoms with Crippen LogP contribution in [0.15, 0.2) is 0 Å². The highest BCUT2D eigenvalue weighted by atomic mass is 16.4. The molecular formula is C7H13N3O4. The normalized spacial score (nSPS) is 14.1.